The van der Waals surface area contributed by atoms with Gasteiger partial charge in [-0.2, -0.15) is 13.2 Å². The van der Waals surface area contributed by atoms with E-state index in [4.69, 9.17) is 5.11 Å². The number of nitrogens with zero attached hydrogens (tertiary/aromatic N) is 1. The Bertz CT molecular complexity index is 764. The third kappa shape index (κ3) is 6.98. The standard InChI is InChI=1S/C18H19F4N3O.HI/c1-23-17(25-10-13-4-7-16(19)14(8-13)11-26)24-9-12-2-5-15(6-3-12)18(20,21)22;/h2-8,26H,9-11H2,1H3,(H2,23,24,25);1H. The molecular formula is C18H20F4IN3O. The second kappa shape index (κ2) is 10.5. The summed E-state index contributed by atoms with van der Waals surface area (Å²) in [6.07, 6.45) is -4.36. The lowest BCUT2D eigenvalue weighted by Gasteiger charge is -2.13. The average Bonchev–Trinajstić information content (AvgIpc) is 2.62. The monoisotopic (exact) mass is 497 g/mol. The molecule has 3 N–H and O–H groups in total. The molecule has 0 heterocycles. The normalized spacial score (nSPS) is 11.7. The van der Waals surface area contributed by atoms with Gasteiger partial charge in [0, 0.05) is 25.7 Å². The summed E-state index contributed by atoms with van der Waals surface area (Å²) in [7, 11) is 1.56. The minimum atomic E-state index is -4.36. The molecule has 0 radical (unpaired) electrons. The maximum Gasteiger partial charge on any atom is 0.416 e. The Morgan fingerprint density at radius 3 is 2.07 bits per heavy atom. The van der Waals surface area contributed by atoms with Gasteiger partial charge in [0.1, 0.15) is 5.82 Å². The molecule has 148 valence electrons. The summed E-state index contributed by atoms with van der Waals surface area (Å²) >= 11 is 0. The Labute approximate surface area is 171 Å². The first kappa shape index (κ1) is 23.2. The van der Waals surface area contributed by atoms with Crippen LogP contribution in [0.4, 0.5) is 17.6 Å². The van der Waals surface area contributed by atoms with Gasteiger partial charge in [0.15, 0.2) is 5.96 Å². The van der Waals surface area contributed by atoms with Crippen molar-refractivity contribution in [3.63, 3.8) is 0 Å². The molecule has 0 atom stereocenters. The first-order valence-electron chi connectivity index (χ1n) is 7.82. The molecule has 0 fully saturated rings. The minimum absolute atomic E-state index is 0. The van der Waals surface area contributed by atoms with Gasteiger partial charge in [-0.1, -0.05) is 18.2 Å². The Morgan fingerprint density at radius 2 is 1.56 bits per heavy atom. The molecule has 0 unspecified atom stereocenters. The van der Waals surface area contributed by atoms with Crippen molar-refractivity contribution in [3.05, 3.63) is 70.5 Å². The van der Waals surface area contributed by atoms with E-state index in [1.807, 2.05) is 0 Å². The Kier molecular flexibility index (Phi) is 8.97. The third-order valence-electron chi connectivity index (χ3n) is 3.71. The van der Waals surface area contributed by atoms with Crippen LogP contribution in [0.3, 0.4) is 0 Å². The SMILES string of the molecule is CN=C(NCc1ccc(C(F)(F)F)cc1)NCc1ccc(F)c(CO)c1.I. The van der Waals surface area contributed by atoms with Crippen molar-refractivity contribution >= 4 is 29.9 Å². The number of aliphatic hydroxyl groups excluding tert-OH is 1. The smallest absolute Gasteiger partial charge is 0.392 e. The molecule has 0 aliphatic carbocycles. The number of hydrogen-bond acceptors (Lipinski definition) is 2. The lowest BCUT2D eigenvalue weighted by Crippen LogP contribution is -2.36. The highest BCUT2D eigenvalue weighted by molar-refractivity contribution is 14.0. The summed E-state index contributed by atoms with van der Waals surface area (Å²) in [4.78, 5) is 4.03. The first-order chi connectivity index (χ1) is 12.3. The molecule has 0 aliphatic heterocycles. The number of hydrogen-bond donors (Lipinski definition) is 3. The number of rotatable bonds is 5. The minimum Gasteiger partial charge on any atom is -0.392 e. The van der Waals surface area contributed by atoms with Gasteiger partial charge in [-0.15, -0.1) is 24.0 Å². The maximum atomic E-state index is 13.4. The second-order valence-corrected chi connectivity index (χ2v) is 5.56. The van der Waals surface area contributed by atoms with Crippen LogP contribution in [0.15, 0.2) is 47.5 Å². The third-order valence-corrected chi connectivity index (χ3v) is 3.71. The summed E-state index contributed by atoms with van der Waals surface area (Å²) in [5.74, 6) is -0.0270. The number of aliphatic hydroxyl groups is 1. The Morgan fingerprint density at radius 1 is 1.00 bits per heavy atom. The van der Waals surface area contributed by atoms with Crippen LogP contribution in [0.1, 0.15) is 22.3 Å². The van der Waals surface area contributed by atoms with Crippen molar-refractivity contribution < 1.29 is 22.7 Å². The van der Waals surface area contributed by atoms with Crippen LogP contribution in [-0.4, -0.2) is 18.1 Å². The van der Waals surface area contributed by atoms with Crippen molar-refractivity contribution in [1.29, 1.82) is 0 Å². The summed E-state index contributed by atoms with van der Waals surface area (Å²) in [5, 5.41) is 15.1. The summed E-state index contributed by atoms with van der Waals surface area (Å²) < 4.78 is 51.0. The predicted molar refractivity (Wildman–Crippen MR) is 106 cm³/mol. The second-order valence-electron chi connectivity index (χ2n) is 5.56. The molecule has 0 spiro atoms. The quantitative estimate of drug-likeness (QED) is 0.255. The van der Waals surface area contributed by atoms with E-state index in [1.165, 1.54) is 18.2 Å². The molecule has 27 heavy (non-hydrogen) atoms. The molecule has 2 rings (SSSR count). The van der Waals surface area contributed by atoms with Crippen molar-refractivity contribution in [1.82, 2.24) is 10.6 Å². The van der Waals surface area contributed by atoms with Gasteiger partial charge in [-0.3, -0.25) is 4.99 Å². The Hall–Kier alpha value is -1.88. The van der Waals surface area contributed by atoms with E-state index in [0.717, 1.165) is 17.7 Å². The molecule has 2 aromatic rings. The number of aliphatic imine (C=N–C) groups is 1. The van der Waals surface area contributed by atoms with Gasteiger partial charge in [0.25, 0.3) is 0 Å². The van der Waals surface area contributed by atoms with Crippen LogP contribution in [0.25, 0.3) is 0 Å². The number of nitrogens with one attached hydrogen (secondary N) is 2. The fourth-order valence-electron chi connectivity index (χ4n) is 2.26. The lowest BCUT2D eigenvalue weighted by molar-refractivity contribution is -0.137. The van der Waals surface area contributed by atoms with E-state index < -0.39 is 17.6 Å². The van der Waals surface area contributed by atoms with Gasteiger partial charge in [0.2, 0.25) is 0 Å². The fraction of sp³-hybridized carbons (Fsp3) is 0.278. The average molecular weight is 497 g/mol. The van der Waals surface area contributed by atoms with Crippen LogP contribution in [0, 0.1) is 5.82 Å². The zero-order chi connectivity index (χ0) is 19.2. The van der Waals surface area contributed by atoms with Crippen LogP contribution in [0.2, 0.25) is 0 Å². The molecule has 0 aromatic heterocycles. The van der Waals surface area contributed by atoms with Gasteiger partial charge in [0.05, 0.1) is 12.2 Å². The van der Waals surface area contributed by atoms with Crippen molar-refractivity contribution in [2.75, 3.05) is 7.05 Å². The zero-order valence-electron chi connectivity index (χ0n) is 14.5. The molecule has 0 bridgehead atoms. The van der Waals surface area contributed by atoms with Crippen LogP contribution in [0.5, 0.6) is 0 Å². The highest BCUT2D eigenvalue weighted by Crippen LogP contribution is 2.29. The maximum absolute atomic E-state index is 13.4. The first-order valence-corrected chi connectivity index (χ1v) is 7.82. The van der Waals surface area contributed by atoms with E-state index >= 15 is 0 Å². The molecule has 9 heteroatoms. The van der Waals surface area contributed by atoms with Crippen LogP contribution >= 0.6 is 24.0 Å². The van der Waals surface area contributed by atoms with E-state index in [0.29, 0.717) is 24.6 Å². The van der Waals surface area contributed by atoms with Gasteiger partial charge in [-0.25, -0.2) is 4.39 Å². The number of benzene rings is 2. The van der Waals surface area contributed by atoms with E-state index in [-0.39, 0.29) is 36.1 Å². The largest absolute Gasteiger partial charge is 0.416 e. The highest BCUT2D eigenvalue weighted by atomic mass is 127. The van der Waals surface area contributed by atoms with Gasteiger partial charge < -0.3 is 15.7 Å². The molecular weight excluding hydrogens is 477 g/mol. The molecule has 4 nitrogen and oxygen atoms in total. The van der Waals surface area contributed by atoms with Crippen molar-refractivity contribution in [2.24, 2.45) is 4.99 Å². The molecule has 2 aromatic carbocycles. The topological polar surface area (TPSA) is 56.7 Å². The van der Waals surface area contributed by atoms with Crippen LogP contribution in [-0.2, 0) is 25.9 Å². The van der Waals surface area contributed by atoms with E-state index in [1.54, 1.807) is 19.2 Å². The number of alkyl halides is 3. The summed E-state index contributed by atoms with van der Waals surface area (Å²) in [6.45, 7) is 0.254. The lowest BCUT2D eigenvalue weighted by atomic mass is 10.1. The predicted octanol–water partition coefficient (Wildman–Crippen LogP) is 3.82. The Balaban J connectivity index is 0.00000364. The van der Waals surface area contributed by atoms with Gasteiger partial charge >= 0.3 is 6.18 Å². The highest BCUT2D eigenvalue weighted by Gasteiger charge is 2.29. The van der Waals surface area contributed by atoms with E-state index in [9.17, 15) is 17.6 Å². The molecule has 0 saturated carbocycles. The van der Waals surface area contributed by atoms with Crippen molar-refractivity contribution in [2.45, 2.75) is 25.9 Å². The fourth-order valence-corrected chi connectivity index (χ4v) is 2.26. The van der Waals surface area contributed by atoms with E-state index in [2.05, 4.69) is 15.6 Å². The molecule has 0 aliphatic rings. The molecule has 0 amide bonds. The number of halogens is 5. The number of guanidine groups is 1. The zero-order valence-corrected chi connectivity index (χ0v) is 16.8. The summed E-state index contributed by atoms with van der Waals surface area (Å²) in [5.41, 5.74) is 0.940. The molecule has 0 saturated heterocycles. The van der Waals surface area contributed by atoms with Gasteiger partial charge in [-0.05, 0) is 35.4 Å². The van der Waals surface area contributed by atoms with Crippen molar-refractivity contribution in [3.8, 4) is 0 Å². The summed E-state index contributed by atoms with van der Waals surface area (Å²) in [6, 6.07) is 9.27. The van der Waals surface area contributed by atoms with Crippen LogP contribution < -0.4 is 10.6 Å².